The van der Waals surface area contributed by atoms with Crippen molar-refractivity contribution in [3.05, 3.63) is 106 Å². The largest absolute Gasteiger partial charge is 0.341 e. The van der Waals surface area contributed by atoms with Crippen LogP contribution in [0.25, 0.3) is 12.2 Å². The summed E-state index contributed by atoms with van der Waals surface area (Å²) in [6, 6.07) is 17.2. The molecule has 30 heavy (non-hydrogen) atoms. The van der Waals surface area contributed by atoms with E-state index in [0.29, 0.717) is 22.8 Å². The van der Waals surface area contributed by atoms with Gasteiger partial charge in [0.05, 0.1) is 5.69 Å². The van der Waals surface area contributed by atoms with Gasteiger partial charge in [-0.2, -0.15) is 0 Å². The van der Waals surface area contributed by atoms with E-state index < -0.39 is 0 Å². The molecule has 0 fully saturated rings. The maximum absolute atomic E-state index is 12.7. The molecule has 0 amide bonds. The number of hydrogen-bond acceptors (Lipinski definition) is 2. The van der Waals surface area contributed by atoms with Gasteiger partial charge in [0.2, 0.25) is 5.78 Å². The lowest BCUT2D eigenvalue weighted by Gasteiger charge is -2.07. The van der Waals surface area contributed by atoms with Gasteiger partial charge in [-0.05, 0) is 55.9 Å². The zero-order valence-corrected chi connectivity index (χ0v) is 18.6. The highest BCUT2D eigenvalue weighted by molar-refractivity contribution is 6.32. The minimum atomic E-state index is 0.0232. The molecule has 0 saturated carbocycles. The third-order valence-corrected chi connectivity index (χ3v) is 4.93. The Labute approximate surface area is 184 Å². The average molecular weight is 421 g/mol. The summed E-state index contributed by atoms with van der Waals surface area (Å²) in [6.07, 6.45) is 7.67. The highest BCUT2D eigenvalue weighted by Crippen LogP contribution is 2.20. The van der Waals surface area contributed by atoms with Crippen LogP contribution in [0.2, 0.25) is 5.02 Å². The van der Waals surface area contributed by atoms with Crippen LogP contribution in [0.3, 0.4) is 0 Å². The summed E-state index contributed by atoms with van der Waals surface area (Å²) < 4.78 is 1.93. The summed E-state index contributed by atoms with van der Waals surface area (Å²) in [5.41, 5.74) is 4.46. The molecule has 0 radical (unpaired) electrons. The first kappa shape index (κ1) is 23.4. The van der Waals surface area contributed by atoms with Crippen molar-refractivity contribution in [2.24, 2.45) is 0 Å². The third-order valence-electron chi connectivity index (χ3n) is 4.58. The number of rotatable bonds is 7. The molecule has 0 unspecified atom stereocenters. The van der Waals surface area contributed by atoms with Crippen LogP contribution >= 0.6 is 11.6 Å². The van der Waals surface area contributed by atoms with Crippen LogP contribution < -0.4 is 5.32 Å². The fourth-order valence-electron chi connectivity index (χ4n) is 2.74. The molecule has 1 heterocycles. The molecule has 0 aliphatic rings. The molecule has 0 atom stereocenters. The fourth-order valence-corrected chi connectivity index (χ4v) is 2.92. The van der Waals surface area contributed by atoms with Crippen LogP contribution in [-0.2, 0) is 6.54 Å². The summed E-state index contributed by atoms with van der Waals surface area (Å²) in [6.45, 7) is 9.52. The first-order valence-corrected chi connectivity index (χ1v) is 10.4. The Balaban J connectivity index is 0.000000735. The maximum Gasteiger partial charge on any atom is 0.209 e. The SMILES string of the molecule is C=Cc1ccc(Cl)c(/C=C/Cn2cccc2C(=O)c2ccc(C)cc2)c1.CCNC. The van der Waals surface area contributed by atoms with Gasteiger partial charge in [-0.15, -0.1) is 0 Å². The average Bonchev–Trinajstić information content (AvgIpc) is 3.23. The van der Waals surface area contributed by atoms with Gasteiger partial charge in [0, 0.05) is 23.3 Å². The van der Waals surface area contributed by atoms with Gasteiger partial charge < -0.3 is 9.88 Å². The lowest BCUT2D eigenvalue weighted by molar-refractivity contribution is 0.103. The van der Waals surface area contributed by atoms with Gasteiger partial charge in [0.15, 0.2) is 0 Å². The van der Waals surface area contributed by atoms with Crippen LogP contribution in [0.1, 0.15) is 39.7 Å². The monoisotopic (exact) mass is 420 g/mol. The molecule has 0 bridgehead atoms. The van der Waals surface area contributed by atoms with E-state index in [2.05, 4.69) is 18.8 Å². The molecule has 3 rings (SSSR count). The molecule has 156 valence electrons. The smallest absolute Gasteiger partial charge is 0.209 e. The number of halogens is 1. The fraction of sp³-hybridized carbons (Fsp3) is 0.192. The van der Waals surface area contributed by atoms with Crippen molar-refractivity contribution in [2.75, 3.05) is 13.6 Å². The van der Waals surface area contributed by atoms with Crippen LogP contribution in [-0.4, -0.2) is 23.9 Å². The van der Waals surface area contributed by atoms with Gasteiger partial charge >= 0.3 is 0 Å². The second-order valence-electron chi connectivity index (χ2n) is 6.84. The number of aryl methyl sites for hydroxylation is 1. The number of allylic oxidation sites excluding steroid dienone is 1. The normalized spacial score (nSPS) is 10.5. The number of nitrogens with zero attached hydrogens (tertiary/aromatic N) is 1. The van der Waals surface area contributed by atoms with E-state index in [4.69, 9.17) is 11.6 Å². The standard InChI is InChI=1S/C23H20ClNO.C3H9N/c1-3-18-10-13-21(24)20(16-18)6-4-14-25-15-5-7-22(25)23(26)19-11-8-17(2)9-12-19;1-3-4-2/h3-13,15-16H,1,14H2,2H3;4H,3H2,1-2H3/b6-4+;. The molecule has 3 aromatic rings. The minimum absolute atomic E-state index is 0.0232. The first-order chi connectivity index (χ1) is 14.5. The van der Waals surface area contributed by atoms with Crippen molar-refractivity contribution in [1.82, 2.24) is 9.88 Å². The van der Waals surface area contributed by atoms with Crippen LogP contribution in [0, 0.1) is 6.92 Å². The van der Waals surface area contributed by atoms with E-state index in [1.165, 1.54) is 0 Å². The van der Waals surface area contributed by atoms with Crippen molar-refractivity contribution in [3.8, 4) is 0 Å². The number of ketones is 1. The van der Waals surface area contributed by atoms with Crippen molar-refractivity contribution in [2.45, 2.75) is 20.4 Å². The van der Waals surface area contributed by atoms with Gasteiger partial charge in [-0.25, -0.2) is 0 Å². The zero-order valence-electron chi connectivity index (χ0n) is 17.9. The quantitative estimate of drug-likeness (QED) is 0.457. The van der Waals surface area contributed by atoms with Crippen LogP contribution in [0.4, 0.5) is 0 Å². The molecule has 1 N–H and O–H groups in total. The molecule has 0 aliphatic carbocycles. The van der Waals surface area contributed by atoms with E-state index in [1.807, 2.05) is 91.5 Å². The van der Waals surface area contributed by atoms with E-state index in [0.717, 1.165) is 23.2 Å². The highest BCUT2D eigenvalue weighted by Gasteiger charge is 2.12. The lowest BCUT2D eigenvalue weighted by atomic mass is 10.1. The lowest BCUT2D eigenvalue weighted by Crippen LogP contribution is -2.09. The van der Waals surface area contributed by atoms with Crippen molar-refractivity contribution >= 4 is 29.5 Å². The van der Waals surface area contributed by atoms with E-state index in [-0.39, 0.29) is 5.78 Å². The molecule has 1 aromatic heterocycles. The van der Waals surface area contributed by atoms with Crippen molar-refractivity contribution in [3.63, 3.8) is 0 Å². The highest BCUT2D eigenvalue weighted by atomic mass is 35.5. The molecular formula is C26H29ClN2O. The number of benzene rings is 2. The van der Waals surface area contributed by atoms with E-state index >= 15 is 0 Å². The van der Waals surface area contributed by atoms with Crippen LogP contribution in [0.5, 0.6) is 0 Å². The van der Waals surface area contributed by atoms with Crippen molar-refractivity contribution < 1.29 is 4.79 Å². The Bertz CT molecular complexity index is 998. The second kappa shape index (κ2) is 12.0. The molecule has 0 saturated heterocycles. The Morgan fingerprint density at radius 2 is 1.87 bits per heavy atom. The summed E-state index contributed by atoms with van der Waals surface area (Å²) in [5, 5.41) is 3.62. The Kier molecular flexibility index (Phi) is 9.33. The van der Waals surface area contributed by atoms with E-state index in [9.17, 15) is 4.79 Å². The van der Waals surface area contributed by atoms with E-state index in [1.54, 1.807) is 6.08 Å². The van der Waals surface area contributed by atoms with Gasteiger partial charge in [0.1, 0.15) is 0 Å². The molecule has 4 heteroatoms. The number of aromatic nitrogens is 1. The molecular weight excluding hydrogens is 392 g/mol. The molecule has 3 nitrogen and oxygen atoms in total. The summed E-state index contributed by atoms with van der Waals surface area (Å²) in [4.78, 5) is 12.7. The van der Waals surface area contributed by atoms with Crippen LogP contribution in [0.15, 0.2) is 73.4 Å². The zero-order chi connectivity index (χ0) is 21.9. The Morgan fingerprint density at radius 3 is 2.50 bits per heavy atom. The topological polar surface area (TPSA) is 34.0 Å². The predicted molar refractivity (Wildman–Crippen MR) is 129 cm³/mol. The molecule has 0 aliphatic heterocycles. The number of hydrogen-bond donors (Lipinski definition) is 1. The first-order valence-electron chi connectivity index (χ1n) is 9.99. The molecule has 0 spiro atoms. The van der Waals surface area contributed by atoms with Gasteiger partial charge in [-0.1, -0.05) is 79.2 Å². The third kappa shape index (κ3) is 6.58. The van der Waals surface area contributed by atoms with Gasteiger partial charge in [-0.3, -0.25) is 4.79 Å². The second-order valence-corrected chi connectivity index (χ2v) is 7.24. The summed E-state index contributed by atoms with van der Waals surface area (Å²) in [7, 11) is 1.93. The predicted octanol–water partition coefficient (Wildman–Crippen LogP) is 6.26. The Morgan fingerprint density at radius 1 is 1.17 bits per heavy atom. The van der Waals surface area contributed by atoms with Gasteiger partial charge in [0.25, 0.3) is 0 Å². The summed E-state index contributed by atoms with van der Waals surface area (Å²) >= 11 is 6.24. The number of carbonyl (C=O) groups excluding carboxylic acids is 1. The summed E-state index contributed by atoms with van der Waals surface area (Å²) in [5.74, 6) is 0.0232. The molecule has 2 aromatic carbocycles. The Hall–Kier alpha value is -2.88. The van der Waals surface area contributed by atoms with Crippen molar-refractivity contribution in [1.29, 1.82) is 0 Å². The number of carbonyl (C=O) groups is 1. The maximum atomic E-state index is 12.7. The minimum Gasteiger partial charge on any atom is -0.341 e. The number of nitrogens with one attached hydrogen (secondary N) is 1.